The zero-order valence-corrected chi connectivity index (χ0v) is 17.8. The molecule has 162 valence electrons. The number of amides is 1. The van der Waals surface area contributed by atoms with Crippen molar-refractivity contribution in [2.75, 3.05) is 6.54 Å². The first kappa shape index (κ1) is 21.2. The highest BCUT2D eigenvalue weighted by molar-refractivity contribution is 7.04. The third-order valence-electron chi connectivity index (χ3n) is 5.49. The fourth-order valence-electron chi connectivity index (χ4n) is 3.82. The molecule has 1 N–H and O–H groups in total. The molecule has 9 heteroatoms. The van der Waals surface area contributed by atoms with E-state index in [1.54, 1.807) is 11.4 Å². The molecule has 0 bridgehead atoms. The average molecular weight is 443 g/mol. The van der Waals surface area contributed by atoms with Gasteiger partial charge in [0, 0.05) is 17.5 Å². The van der Waals surface area contributed by atoms with Gasteiger partial charge in [-0.05, 0) is 49.7 Å². The van der Waals surface area contributed by atoms with Gasteiger partial charge in [0.25, 0.3) is 5.56 Å². The SMILES string of the molecule is O=C(Cn1c(=O)n(Cc2ccccc2F)c(=O)c2nscc21)NCCC1=CCCCC1. The summed E-state index contributed by atoms with van der Waals surface area (Å²) in [5, 5.41) is 4.43. The lowest BCUT2D eigenvalue weighted by Gasteiger charge is -2.14. The van der Waals surface area contributed by atoms with Crippen molar-refractivity contribution in [3.05, 3.63) is 73.5 Å². The summed E-state index contributed by atoms with van der Waals surface area (Å²) in [7, 11) is 0. The number of aromatic nitrogens is 3. The molecule has 0 atom stereocenters. The topological polar surface area (TPSA) is 86.0 Å². The molecule has 1 aliphatic carbocycles. The van der Waals surface area contributed by atoms with Crippen LogP contribution in [0.5, 0.6) is 0 Å². The summed E-state index contributed by atoms with van der Waals surface area (Å²) in [4.78, 5) is 38.4. The first-order chi connectivity index (χ1) is 15.0. The third-order valence-corrected chi connectivity index (χ3v) is 6.11. The molecule has 1 aliphatic rings. The average Bonchev–Trinajstić information content (AvgIpc) is 3.26. The highest BCUT2D eigenvalue weighted by atomic mass is 32.1. The molecule has 0 unspecified atom stereocenters. The minimum atomic E-state index is -0.661. The molecule has 2 heterocycles. The number of nitrogens with zero attached hydrogens (tertiary/aromatic N) is 3. The van der Waals surface area contributed by atoms with Crippen molar-refractivity contribution in [3.8, 4) is 0 Å². The molecule has 1 aromatic carbocycles. The zero-order chi connectivity index (χ0) is 21.8. The molecule has 0 fully saturated rings. The van der Waals surface area contributed by atoms with Crippen molar-refractivity contribution in [1.29, 1.82) is 0 Å². The molecule has 0 saturated heterocycles. The minimum Gasteiger partial charge on any atom is -0.354 e. The lowest BCUT2D eigenvalue weighted by molar-refractivity contribution is -0.121. The van der Waals surface area contributed by atoms with Crippen molar-refractivity contribution in [1.82, 2.24) is 18.8 Å². The molecule has 7 nitrogen and oxygen atoms in total. The lowest BCUT2D eigenvalue weighted by atomic mass is 9.97. The summed E-state index contributed by atoms with van der Waals surface area (Å²) in [6.45, 7) is 0.0389. The Labute approximate surface area is 182 Å². The van der Waals surface area contributed by atoms with E-state index in [2.05, 4.69) is 15.8 Å². The number of halogens is 1. The first-order valence-corrected chi connectivity index (χ1v) is 11.1. The standard InChI is InChI=1S/C22H23FN4O3S/c23-17-9-5-4-8-16(17)12-27-21(29)20-18(14-31-25-20)26(22(27)30)13-19(28)24-11-10-15-6-2-1-3-7-15/h4-6,8-9,14H,1-3,7,10-13H2,(H,24,28). The maximum Gasteiger partial charge on any atom is 0.332 e. The Kier molecular flexibility index (Phi) is 6.41. The second kappa shape index (κ2) is 9.38. The lowest BCUT2D eigenvalue weighted by Crippen LogP contribution is -2.43. The van der Waals surface area contributed by atoms with Gasteiger partial charge in [-0.3, -0.25) is 18.7 Å². The number of hydrogen-bond acceptors (Lipinski definition) is 5. The van der Waals surface area contributed by atoms with Crippen LogP contribution in [0, 0.1) is 5.82 Å². The fourth-order valence-corrected chi connectivity index (χ4v) is 4.49. The van der Waals surface area contributed by atoms with Crippen LogP contribution < -0.4 is 16.6 Å². The van der Waals surface area contributed by atoms with E-state index < -0.39 is 17.1 Å². The summed E-state index contributed by atoms with van der Waals surface area (Å²) in [5.74, 6) is -0.824. The largest absolute Gasteiger partial charge is 0.354 e. The number of allylic oxidation sites excluding steroid dienone is 1. The van der Waals surface area contributed by atoms with E-state index in [0.29, 0.717) is 12.1 Å². The number of fused-ring (bicyclic) bond motifs is 1. The molecule has 0 radical (unpaired) electrons. The van der Waals surface area contributed by atoms with Gasteiger partial charge in [0.1, 0.15) is 12.4 Å². The van der Waals surface area contributed by atoms with E-state index in [0.717, 1.165) is 35.4 Å². The van der Waals surface area contributed by atoms with Gasteiger partial charge in [0.2, 0.25) is 5.91 Å². The third kappa shape index (κ3) is 4.66. The summed E-state index contributed by atoms with van der Waals surface area (Å²) in [6.07, 6.45) is 7.58. The van der Waals surface area contributed by atoms with Crippen molar-refractivity contribution < 1.29 is 9.18 Å². The van der Waals surface area contributed by atoms with Crippen LogP contribution in [-0.4, -0.2) is 26.0 Å². The highest BCUT2D eigenvalue weighted by Gasteiger charge is 2.18. The maximum absolute atomic E-state index is 14.1. The van der Waals surface area contributed by atoms with Crippen molar-refractivity contribution in [2.45, 2.75) is 45.2 Å². The van der Waals surface area contributed by atoms with Crippen LogP contribution in [0.15, 0.2) is 50.9 Å². The van der Waals surface area contributed by atoms with Crippen LogP contribution >= 0.6 is 11.5 Å². The molecule has 0 spiro atoms. The predicted molar refractivity (Wildman–Crippen MR) is 118 cm³/mol. The summed E-state index contributed by atoms with van der Waals surface area (Å²) in [5.41, 5.74) is 0.729. The zero-order valence-electron chi connectivity index (χ0n) is 17.0. The van der Waals surface area contributed by atoms with Crippen LogP contribution in [-0.2, 0) is 17.9 Å². The monoisotopic (exact) mass is 442 g/mol. The van der Waals surface area contributed by atoms with Gasteiger partial charge >= 0.3 is 5.69 Å². The van der Waals surface area contributed by atoms with Crippen molar-refractivity contribution >= 4 is 28.5 Å². The molecule has 1 amide bonds. The van der Waals surface area contributed by atoms with E-state index in [9.17, 15) is 18.8 Å². The maximum atomic E-state index is 14.1. The van der Waals surface area contributed by atoms with Gasteiger partial charge in [-0.25, -0.2) is 9.18 Å². The van der Waals surface area contributed by atoms with Crippen LogP contribution in [0.3, 0.4) is 0 Å². The minimum absolute atomic E-state index is 0.0982. The van der Waals surface area contributed by atoms with Gasteiger partial charge in [-0.15, -0.1) is 0 Å². The van der Waals surface area contributed by atoms with E-state index in [1.165, 1.54) is 41.2 Å². The van der Waals surface area contributed by atoms with Crippen molar-refractivity contribution in [3.63, 3.8) is 0 Å². The van der Waals surface area contributed by atoms with E-state index >= 15 is 0 Å². The van der Waals surface area contributed by atoms with Gasteiger partial charge in [-0.2, -0.15) is 4.37 Å². The van der Waals surface area contributed by atoms with Crippen molar-refractivity contribution in [2.24, 2.45) is 0 Å². The number of hydrogen-bond donors (Lipinski definition) is 1. The smallest absolute Gasteiger partial charge is 0.332 e. The van der Waals surface area contributed by atoms with Crippen LogP contribution in [0.25, 0.3) is 11.0 Å². The van der Waals surface area contributed by atoms with Gasteiger partial charge in [0.15, 0.2) is 5.52 Å². The molecular formula is C22H23FN4O3S. The van der Waals surface area contributed by atoms with E-state index in [4.69, 9.17) is 0 Å². The molecule has 31 heavy (non-hydrogen) atoms. The van der Waals surface area contributed by atoms with Gasteiger partial charge < -0.3 is 5.32 Å². The van der Waals surface area contributed by atoms with Crippen LogP contribution in [0.1, 0.15) is 37.7 Å². The molecule has 4 rings (SSSR count). The van der Waals surface area contributed by atoms with Gasteiger partial charge in [0.05, 0.1) is 12.1 Å². The predicted octanol–water partition coefficient (Wildman–Crippen LogP) is 2.81. The summed E-state index contributed by atoms with van der Waals surface area (Å²) in [6, 6.07) is 5.97. The number of benzene rings is 1. The second-order valence-corrected chi connectivity index (χ2v) is 8.24. The summed E-state index contributed by atoms with van der Waals surface area (Å²) >= 11 is 1.04. The summed E-state index contributed by atoms with van der Waals surface area (Å²) < 4.78 is 20.3. The second-order valence-electron chi connectivity index (χ2n) is 7.61. The van der Waals surface area contributed by atoms with E-state index in [1.807, 2.05) is 0 Å². The molecule has 0 aliphatic heterocycles. The normalized spacial score (nSPS) is 13.9. The Morgan fingerprint density at radius 2 is 2.03 bits per heavy atom. The van der Waals surface area contributed by atoms with Crippen LogP contribution in [0.2, 0.25) is 0 Å². The Bertz CT molecular complexity index is 1260. The molecule has 0 saturated carbocycles. The Balaban J connectivity index is 1.57. The quantitative estimate of drug-likeness (QED) is 0.570. The Morgan fingerprint density at radius 3 is 2.81 bits per heavy atom. The number of nitrogens with one attached hydrogen (secondary N) is 1. The number of carbonyl (C=O) groups is 1. The number of rotatable bonds is 7. The van der Waals surface area contributed by atoms with Gasteiger partial charge in [-0.1, -0.05) is 29.8 Å². The molecular weight excluding hydrogens is 419 g/mol. The highest BCUT2D eigenvalue weighted by Crippen LogP contribution is 2.19. The van der Waals surface area contributed by atoms with Crippen LogP contribution in [0.4, 0.5) is 4.39 Å². The Morgan fingerprint density at radius 1 is 1.19 bits per heavy atom. The fraction of sp³-hybridized carbons (Fsp3) is 0.364. The molecule has 3 aromatic rings. The van der Waals surface area contributed by atoms with E-state index in [-0.39, 0.29) is 30.1 Å². The number of carbonyl (C=O) groups excluding carboxylic acids is 1. The molecule has 2 aromatic heterocycles. The Hall–Kier alpha value is -3.07. The first-order valence-electron chi connectivity index (χ1n) is 10.3.